The maximum absolute atomic E-state index is 11.0. The minimum Gasteiger partial charge on any atom is -0.390 e. The van der Waals surface area contributed by atoms with Crippen LogP contribution in [0.1, 0.15) is 59.8 Å². The molecular formula is C21H34Cl2F3NO3. The number of aldehydes is 1. The molecule has 4 nitrogen and oxygen atoms in total. The minimum atomic E-state index is -4.64. The third-order valence-electron chi connectivity index (χ3n) is 3.00. The summed E-state index contributed by atoms with van der Waals surface area (Å²) in [5.74, 6) is 0.364. The predicted molar refractivity (Wildman–Crippen MR) is 118 cm³/mol. The number of allylic oxidation sites excluding steroid dienone is 2. The molecule has 30 heavy (non-hydrogen) atoms. The van der Waals surface area contributed by atoms with Gasteiger partial charge in [-0.15, -0.1) is 36.4 Å². The number of aliphatic hydroxyl groups is 1. The van der Waals surface area contributed by atoms with Crippen molar-refractivity contribution in [1.82, 2.24) is 0 Å². The predicted octanol–water partition coefficient (Wildman–Crippen LogP) is 6.40. The van der Waals surface area contributed by atoms with E-state index in [9.17, 15) is 18.0 Å². The Kier molecular flexibility index (Phi) is 25.1. The van der Waals surface area contributed by atoms with E-state index in [-0.39, 0.29) is 23.0 Å². The van der Waals surface area contributed by atoms with Crippen LogP contribution in [0.2, 0.25) is 0 Å². The summed E-state index contributed by atoms with van der Waals surface area (Å²) in [6.45, 7) is 15.0. The molecular weight excluding hydrogens is 442 g/mol. The molecule has 1 N–H and O–H groups in total. The molecule has 0 fully saturated rings. The van der Waals surface area contributed by atoms with Crippen LogP contribution in [0.4, 0.5) is 13.2 Å². The van der Waals surface area contributed by atoms with E-state index in [1.54, 1.807) is 19.9 Å². The summed E-state index contributed by atoms with van der Waals surface area (Å²) in [4.78, 5) is 19.7. The molecule has 0 heterocycles. The van der Waals surface area contributed by atoms with Gasteiger partial charge in [0.05, 0.1) is 17.6 Å². The maximum Gasteiger partial charge on any atom is 0.446 e. The zero-order valence-electron chi connectivity index (χ0n) is 18.2. The highest BCUT2D eigenvalue weighted by molar-refractivity contribution is 6.27. The van der Waals surface area contributed by atoms with Gasteiger partial charge in [-0.1, -0.05) is 26.0 Å². The van der Waals surface area contributed by atoms with Crippen LogP contribution in [0.5, 0.6) is 0 Å². The number of carbonyl (C=O) groups excluding carboxylic acids is 2. The quantitative estimate of drug-likeness (QED) is 0.237. The van der Waals surface area contributed by atoms with Crippen molar-refractivity contribution in [3.8, 4) is 6.07 Å². The van der Waals surface area contributed by atoms with Crippen LogP contribution in [-0.4, -0.2) is 40.7 Å². The fourth-order valence-electron chi connectivity index (χ4n) is 1.62. The Morgan fingerprint density at radius 1 is 1.07 bits per heavy atom. The average Bonchev–Trinajstić information content (AvgIpc) is 2.64. The average molecular weight is 476 g/mol. The number of rotatable bonds is 9. The van der Waals surface area contributed by atoms with Gasteiger partial charge in [-0.05, 0) is 44.9 Å². The van der Waals surface area contributed by atoms with E-state index in [1.165, 1.54) is 0 Å². The standard InChI is InChI=1S/C10H17ClO.C7H14O.C2H2ClN.C2HF3O/c1-4-5-6-10(2,3)7-9(12)8-11;1-4-5-6-7(2,3)8;3-1-2-4;3-2(4,5)1-6/h4H,1,5-8H2,2-3H3;4,8H,1,5-6H2,2-3H3;1H2;1H. The summed E-state index contributed by atoms with van der Waals surface area (Å²) >= 11 is 10.2. The number of carbonyl (C=O) groups is 2. The molecule has 0 radical (unpaired) electrons. The van der Waals surface area contributed by atoms with Crippen LogP contribution in [-0.2, 0) is 9.59 Å². The SMILES string of the molecule is C=CCCC(C)(C)CC(=O)CCl.C=CCCC(C)(C)O.N#CCCl.O=CC(F)(F)F. The Balaban J connectivity index is -0.000000163. The summed E-state index contributed by atoms with van der Waals surface area (Å²) < 4.78 is 31.2. The first kappa shape index (κ1) is 36.0. The third-order valence-corrected chi connectivity index (χ3v) is 3.42. The van der Waals surface area contributed by atoms with Crippen molar-refractivity contribution in [3.63, 3.8) is 0 Å². The second kappa shape index (κ2) is 20.9. The van der Waals surface area contributed by atoms with Crippen molar-refractivity contribution in [2.24, 2.45) is 5.41 Å². The van der Waals surface area contributed by atoms with E-state index >= 15 is 0 Å². The molecule has 0 amide bonds. The highest BCUT2D eigenvalue weighted by Gasteiger charge is 2.25. The molecule has 0 bridgehead atoms. The van der Waals surface area contributed by atoms with Gasteiger partial charge in [0.15, 0.2) is 0 Å². The molecule has 0 saturated heterocycles. The van der Waals surface area contributed by atoms with Crippen LogP contribution in [0.15, 0.2) is 25.3 Å². The van der Waals surface area contributed by atoms with Gasteiger partial charge >= 0.3 is 6.18 Å². The van der Waals surface area contributed by atoms with E-state index in [2.05, 4.69) is 27.0 Å². The van der Waals surface area contributed by atoms with Gasteiger partial charge in [-0.3, -0.25) is 9.59 Å². The van der Waals surface area contributed by atoms with Crippen LogP contribution in [0.25, 0.3) is 0 Å². The molecule has 0 aromatic heterocycles. The lowest BCUT2D eigenvalue weighted by Gasteiger charge is -2.22. The van der Waals surface area contributed by atoms with E-state index < -0.39 is 18.1 Å². The number of hydrogen-bond acceptors (Lipinski definition) is 4. The number of Topliss-reactive ketones (excluding diaryl/α,β-unsaturated/α-hetero) is 1. The number of alkyl halides is 5. The van der Waals surface area contributed by atoms with Gasteiger partial charge in [-0.25, -0.2) is 0 Å². The Bertz CT molecular complexity index is 509. The van der Waals surface area contributed by atoms with Gasteiger partial charge in [0.1, 0.15) is 11.7 Å². The largest absolute Gasteiger partial charge is 0.446 e. The molecule has 176 valence electrons. The number of hydrogen-bond donors (Lipinski definition) is 1. The molecule has 0 aliphatic rings. The van der Waals surface area contributed by atoms with Crippen LogP contribution in [0, 0.1) is 16.7 Å². The topological polar surface area (TPSA) is 78.2 Å². The second-order valence-corrected chi connectivity index (χ2v) is 7.97. The third kappa shape index (κ3) is 45.4. The van der Waals surface area contributed by atoms with Crippen LogP contribution in [0.3, 0.4) is 0 Å². The molecule has 0 aromatic carbocycles. The summed E-state index contributed by atoms with van der Waals surface area (Å²) in [6.07, 6.45) is 2.23. The Labute approximate surface area is 188 Å². The fraction of sp³-hybridized carbons (Fsp3) is 0.667. The summed E-state index contributed by atoms with van der Waals surface area (Å²) in [5.41, 5.74) is -0.450. The highest BCUT2D eigenvalue weighted by atomic mass is 35.5. The zero-order chi connectivity index (χ0) is 24.9. The summed E-state index contributed by atoms with van der Waals surface area (Å²) in [7, 11) is 0. The summed E-state index contributed by atoms with van der Waals surface area (Å²) in [6, 6.07) is 1.70. The van der Waals surface area contributed by atoms with Crippen molar-refractivity contribution in [2.75, 3.05) is 11.8 Å². The maximum atomic E-state index is 11.0. The number of nitriles is 1. The molecule has 0 atom stereocenters. The van der Waals surface area contributed by atoms with Crippen molar-refractivity contribution >= 4 is 35.3 Å². The van der Waals surface area contributed by atoms with E-state index in [1.807, 2.05) is 12.2 Å². The van der Waals surface area contributed by atoms with Crippen LogP contribution >= 0.6 is 23.2 Å². The molecule has 0 rings (SSSR count). The molecule has 9 heteroatoms. The summed E-state index contributed by atoms with van der Waals surface area (Å²) in [5, 5.41) is 16.6. The van der Waals surface area contributed by atoms with Gasteiger partial charge in [0, 0.05) is 6.42 Å². The lowest BCUT2D eigenvalue weighted by Crippen LogP contribution is -2.17. The minimum absolute atomic E-state index is 0.0696. The Morgan fingerprint density at radius 2 is 1.43 bits per heavy atom. The number of halogens is 5. The Hall–Kier alpha value is -1.36. The molecule has 0 aromatic rings. The lowest BCUT2D eigenvalue weighted by atomic mass is 9.83. The Morgan fingerprint density at radius 3 is 1.63 bits per heavy atom. The van der Waals surface area contributed by atoms with E-state index in [0.717, 1.165) is 25.7 Å². The first-order chi connectivity index (χ1) is 13.6. The van der Waals surface area contributed by atoms with E-state index in [4.69, 9.17) is 38.4 Å². The van der Waals surface area contributed by atoms with Crippen LogP contribution < -0.4 is 0 Å². The van der Waals surface area contributed by atoms with Crippen molar-refractivity contribution in [1.29, 1.82) is 5.26 Å². The molecule has 0 aliphatic heterocycles. The monoisotopic (exact) mass is 475 g/mol. The van der Waals surface area contributed by atoms with Crippen molar-refractivity contribution in [3.05, 3.63) is 25.3 Å². The van der Waals surface area contributed by atoms with E-state index in [0.29, 0.717) is 6.42 Å². The van der Waals surface area contributed by atoms with Gasteiger partial charge in [0.2, 0.25) is 6.29 Å². The normalized spacial score (nSPS) is 10.4. The lowest BCUT2D eigenvalue weighted by molar-refractivity contribution is -0.156. The highest BCUT2D eigenvalue weighted by Crippen LogP contribution is 2.27. The zero-order valence-corrected chi connectivity index (χ0v) is 19.7. The molecule has 0 aliphatic carbocycles. The van der Waals surface area contributed by atoms with Gasteiger partial charge < -0.3 is 5.11 Å². The number of ketones is 1. The number of nitrogens with zero attached hydrogens (tertiary/aromatic N) is 1. The van der Waals surface area contributed by atoms with Crippen molar-refractivity contribution < 1.29 is 27.9 Å². The smallest absolute Gasteiger partial charge is 0.390 e. The first-order valence-electron chi connectivity index (χ1n) is 9.03. The second-order valence-electron chi connectivity index (χ2n) is 7.43. The fourth-order valence-corrected chi connectivity index (χ4v) is 1.71. The van der Waals surface area contributed by atoms with Gasteiger partial charge in [0.25, 0.3) is 0 Å². The molecule has 0 spiro atoms. The van der Waals surface area contributed by atoms with Gasteiger partial charge in [-0.2, -0.15) is 18.4 Å². The van der Waals surface area contributed by atoms with Crippen molar-refractivity contribution in [2.45, 2.75) is 71.6 Å². The molecule has 0 unspecified atom stereocenters. The first-order valence-corrected chi connectivity index (χ1v) is 10.1. The molecule has 0 saturated carbocycles.